The SMILES string of the molecule is COC[C@H](C)NC(=O)[C@H](C)N1c2cccc3cccc(c23)S1(=O)=O. The molecule has 2 atom stereocenters. The first-order chi connectivity index (χ1) is 11.4. The summed E-state index contributed by atoms with van der Waals surface area (Å²) in [4.78, 5) is 12.8. The number of ether oxygens (including phenoxy) is 1. The van der Waals surface area contributed by atoms with Crippen LogP contribution in [0.4, 0.5) is 5.69 Å². The van der Waals surface area contributed by atoms with Crippen molar-refractivity contribution in [2.24, 2.45) is 0 Å². The van der Waals surface area contributed by atoms with E-state index in [1.54, 1.807) is 38.3 Å². The van der Waals surface area contributed by atoms with Crippen LogP contribution < -0.4 is 9.62 Å². The molecule has 128 valence electrons. The number of methoxy groups -OCH3 is 1. The second-order valence-corrected chi connectivity index (χ2v) is 7.76. The zero-order valence-electron chi connectivity index (χ0n) is 13.8. The minimum atomic E-state index is -3.75. The van der Waals surface area contributed by atoms with Gasteiger partial charge in [0.2, 0.25) is 5.91 Å². The lowest BCUT2D eigenvalue weighted by Gasteiger charge is -2.26. The topological polar surface area (TPSA) is 75.7 Å². The Morgan fingerprint density at radius 2 is 1.88 bits per heavy atom. The second kappa shape index (κ2) is 6.07. The number of amides is 1. The van der Waals surface area contributed by atoms with E-state index >= 15 is 0 Å². The molecule has 0 unspecified atom stereocenters. The molecule has 0 radical (unpaired) electrons. The van der Waals surface area contributed by atoms with Crippen molar-refractivity contribution in [2.45, 2.75) is 30.8 Å². The molecule has 1 N–H and O–H groups in total. The summed E-state index contributed by atoms with van der Waals surface area (Å²) in [7, 11) is -2.20. The lowest BCUT2D eigenvalue weighted by atomic mass is 10.1. The first-order valence-corrected chi connectivity index (χ1v) is 9.17. The van der Waals surface area contributed by atoms with Crippen molar-refractivity contribution >= 4 is 32.4 Å². The Balaban J connectivity index is 2.01. The molecule has 1 amide bonds. The largest absolute Gasteiger partial charge is 0.383 e. The Morgan fingerprint density at radius 3 is 2.54 bits per heavy atom. The van der Waals surface area contributed by atoms with Crippen LogP contribution in [0.15, 0.2) is 41.3 Å². The number of rotatable bonds is 5. The Hall–Kier alpha value is -2.12. The highest BCUT2D eigenvalue weighted by Crippen LogP contribution is 2.43. The predicted octanol–water partition coefficient (Wildman–Crippen LogP) is 1.89. The Bertz CT molecular complexity index is 889. The lowest BCUT2D eigenvalue weighted by Crippen LogP contribution is -2.49. The summed E-state index contributed by atoms with van der Waals surface area (Å²) < 4.78 is 32.1. The molecule has 3 rings (SSSR count). The van der Waals surface area contributed by atoms with Gasteiger partial charge in [-0.3, -0.25) is 9.10 Å². The third kappa shape index (κ3) is 2.53. The number of carbonyl (C=O) groups excluding carboxylic acids is 1. The second-order valence-electron chi connectivity index (χ2n) is 5.97. The highest BCUT2D eigenvalue weighted by atomic mass is 32.2. The minimum absolute atomic E-state index is 0.201. The predicted molar refractivity (Wildman–Crippen MR) is 92.6 cm³/mol. The van der Waals surface area contributed by atoms with Gasteiger partial charge in [0.05, 0.1) is 17.2 Å². The van der Waals surface area contributed by atoms with E-state index in [9.17, 15) is 13.2 Å². The summed E-state index contributed by atoms with van der Waals surface area (Å²) in [5.74, 6) is -0.354. The van der Waals surface area contributed by atoms with Gasteiger partial charge in [-0.2, -0.15) is 0 Å². The number of hydrogen-bond acceptors (Lipinski definition) is 4. The zero-order valence-corrected chi connectivity index (χ0v) is 14.6. The summed E-state index contributed by atoms with van der Waals surface area (Å²) in [6, 6.07) is 9.51. The number of carbonyl (C=O) groups is 1. The molecule has 1 aliphatic heterocycles. The van der Waals surface area contributed by atoms with E-state index in [2.05, 4.69) is 5.32 Å². The number of hydrogen-bond donors (Lipinski definition) is 1. The molecule has 1 aliphatic rings. The normalized spacial score (nSPS) is 17.7. The van der Waals surface area contributed by atoms with Gasteiger partial charge >= 0.3 is 0 Å². The van der Waals surface area contributed by atoms with Gasteiger partial charge in [0, 0.05) is 18.5 Å². The molecule has 0 saturated heterocycles. The summed E-state index contributed by atoms with van der Waals surface area (Å²) in [5.41, 5.74) is 0.546. The van der Waals surface area contributed by atoms with Crippen molar-refractivity contribution < 1.29 is 17.9 Å². The molecule has 0 saturated carbocycles. The number of sulfonamides is 1. The summed E-state index contributed by atoms with van der Waals surface area (Å²) >= 11 is 0. The van der Waals surface area contributed by atoms with Crippen LogP contribution in [0, 0.1) is 0 Å². The Kier molecular flexibility index (Phi) is 4.23. The van der Waals surface area contributed by atoms with Crippen molar-refractivity contribution in [3.8, 4) is 0 Å². The van der Waals surface area contributed by atoms with Crippen LogP contribution in [0.1, 0.15) is 13.8 Å². The average Bonchev–Trinajstić information content (AvgIpc) is 2.76. The van der Waals surface area contributed by atoms with E-state index in [4.69, 9.17) is 4.74 Å². The molecule has 2 aromatic carbocycles. The lowest BCUT2D eigenvalue weighted by molar-refractivity contribution is -0.122. The molecule has 0 bridgehead atoms. The van der Waals surface area contributed by atoms with Crippen LogP contribution in [0.25, 0.3) is 10.8 Å². The van der Waals surface area contributed by atoms with Crippen LogP contribution in [-0.4, -0.2) is 40.1 Å². The van der Waals surface area contributed by atoms with Crippen molar-refractivity contribution in [1.82, 2.24) is 5.32 Å². The molecule has 2 aromatic rings. The average molecular weight is 348 g/mol. The van der Waals surface area contributed by atoms with E-state index in [1.807, 2.05) is 19.1 Å². The maximum absolute atomic E-state index is 12.9. The van der Waals surface area contributed by atoms with Crippen LogP contribution in [0.5, 0.6) is 0 Å². The van der Waals surface area contributed by atoms with Gasteiger partial charge in [-0.15, -0.1) is 0 Å². The van der Waals surface area contributed by atoms with E-state index < -0.39 is 16.1 Å². The molecule has 6 nitrogen and oxygen atoms in total. The first-order valence-electron chi connectivity index (χ1n) is 7.73. The fourth-order valence-electron chi connectivity index (χ4n) is 3.10. The quantitative estimate of drug-likeness (QED) is 0.895. The van der Waals surface area contributed by atoms with Crippen LogP contribution >= 0.6 is 0 Å². The zero-order chi connectivity index (χ0) is 17.5. The van der Waals surface area contributed by atoms with E-state index in [1.165, 1.54) is 4.31 Å². The molecule has 0 spiro atoms. The van der Waals surface area contributed by atoms with Crippen molar-refractivity contribution in [2.75, 3.05) is 18.0 Å². The third-order valence-electron chi connectivity index (χ3n) is 4.16. The van der Waals surface area contributed by atoms with Crippen molar-refractivity contribution in [1.29, 1.82) is 0 Å². The monoisotopic (exact) mass is 348 g/mol. The molecular weight excluding hydrogens is 328 g/mol. The maximum atomic E-state index is 12.9. The molecule has 1 heterocycles. The smallest absolute Gasteiger partial charge is 0.265 e. The van der Waals surface area contributed by atoms with Crippen LogP contribution in [0.3, 0.4) is 0 Å². The van der Waals surface area contributed by atoms with Gasteiger partial charge in [-0.25, -0.2) is 8.42 Å². The van der Waals surface area contributed by atoms with E-state index in [-0.39, 0.29) is 16.8 Å². The van der Waals surface area contributed by atoms with Crippen molar-refractivity contribution in [3.63, 3.8) is 0 Å². The van der Waals surface area contributed by atoms with Gasteiger partial charge in [0.25, 0.3) is 10.0 Å². The fourth-order valence-corrected chi connectivity index (χ4v) is 4.97. The number of benzene rings is 2. The van der Waals surface area contributed by atoms with Gasteiger partial charge in [0.1, 0.15) is 6.04 Å². The fraction of sp³-hybridized carbons (Fsp3) is 0.353. The molecule has 0 aromatic heterocycles. The van der Waals surface area contributed by atoms with Gasteiger partial charge in [-0.1, -0.05) is 24.3 Å². The first kappa shape index (κ1) is 16.7. The molecular formula is C17H20N2O4S. The van der Waals surface area contributed by atoms with Gasteiger partial charge < -0.3 is 10.1 Å². The van der Waals surface area contributed by atoms with Crippen molar-refractivity contribution in [3.05, 3.63) is 36.4 Å². The highest BCUT2D eigenvalue weighted by Gasteiger charge is 2.40. The number of nitrogens with one attached hydrogen (secondary N) is 1. The number of anilines is 1. The molecule has 0 fully saturated rings. The van der Waals surface area contributed by atoms with Gasteiger partial charge in [-0.05, 0) is 31.4 Å². The molecule has 24 heavy (non-hydrogen) atoms. The summed E-state index contributed by atoms with van der Waals surface area (Å²) in [5, 5.41) is 4.30. The Morgan fingerprint density at radius 1 is 1.21 bits per heavy atom. The minimum Gasteiger partial charge on any atom is -0.383 e. The van der Waals surface area contributed by atoms with E-state index in [0.29, 0.717) is 17.7 Å². The maximum Gasteiger partial charge on any atom is 0.265 e. The van der Waals surface area contributed by atoms with Gasteiger partial charge in [0.15, 0.2) is 0 Å². The molecule has 0 aliphatic carbocycles. The van der Waals surface area contributed by atoms with Crippen LogP contribution in [0.2, 0.25) is 0 Å². The standard InChI is InChI=1S/C17H20N2O4S/c1-11(10-23-3)18-17(20)12(2)19-14-8-4-6-13-7-5-9-15(16(13)14)24(19,21)22/h4-9,11-12H,10H2,1-3H3,(H,18,20)/t11-,12-/m0/s1. The Labute approximate surface area is 141 Å². The number of nitrogens with zero attached hydrogens (tertiary/aromatic N) is 1. The summed E-state index contributed by atoms with van der Waals surface area (Å²) in [6.07, 6.45) is 0. The van der Waals surface area contributed by atoms with E-state index in [0.717, 1.165) is 5.39 Å². The summed E-state index contributed by atoms with van der Waals surface area (Å²) in [6.45, 7) is 3.76. The molecule has 7 heteroatoms. The third-order valence-corrected chi connectivity index (χ3v) is 6.08. The van der Waals surface area contributed by atoms with Crippen LogP contribution in [-0.2, 0) is 19.6 Å². The highest BCUT2D eigenvalue weighted by molar-refractivity contribution is 7.93.